The molecule has 2 heterocycles. The number of nitrogens with zero attached hydrogens (tertiary/aromatic N) is 1. The Balaban J connectivity index is 2.10. The van der Waals surface area contributed by atoms with Crippen molar-refractivity contribution >= 4 is 10.9 Å². The number of aromatic nitrogens is 1. The van der Waals surface area contributed by atoms with Gasteiger partial charge in [-0.1, -0.05) is 31.2 Å². The largest absolute Gasteiger partial charge is 0.316 e. The third-order valence-electron chi connectivity index (χ3n) is 3.85. The smallest absolute Gasteiger partial charge is 0.0736 e. The fourth-order valence-corrected chi connectivity index (χ4v) is 2.90. The molecule has 3 rings (SSSR count). The first-order valence-electron chi connectivity index (χ1n) is 6.40. The highest BCUT2D eigenvalue weighted by Crippen LogP contribution is 2.33. The highest BCUT2D eigenvalue weighted by molar-refractivity contribution is 5.82. The molecule has 0 amide bonds. The Morgan fingerprint density at radius 3 is 3.00 bits per heavy atom. The van der Waals surface area contributed by atoms with Crippen LogP contribution in [0.1, 0.15) is 24.8 Å². The predicted molar refractivity (Wildman–Crippen MR) is 71.1 cm³/mol. The first-order valence-corrected chi connectivity index (χ1v) is 6.40. The summed E-state index contributed by atoms with van der Waals surface area (Å²) in [5, 5.41) is 4.72. The first kappa shape index (κ1) is 10.7. The molecule has 17 heavy (non-hydrogen) atoms. The maximum atomic E-state index is 4.57. The van der Waals surface area contributed by atoms with Crippen molar-refractivity contribution in [3.8, 4) is 0 Å². The molecule has 1 fully saturated rings. The van der Waals surface area contributed by atoms with Crippen LogP contribution in [0.4, 0.5) is 0 Å². The standard InChI is InChI=1S/C15H18N2/c1-11-10-16-9-7-13(11)14-6-2-4-12-5-3-8-17-15(12)14/h2-6,8,11,13,16H,7,9-10H2,1H3. The SMILES string of the molecule is CC1CNCCC1c1cccc2cccnc12. The van der Waals surface area contributed by atoms with E-state index in [2.05, 4.69) is 41.5 Å². The molecule has 1 N–H and O–H groups in total. The summed E-state index contributed by atoms with van der Waals surface area (Å²) in [4.78, 5) is 4.57. The zero-order valence-electron chi connectivity index (χ0n) is 10.2. The molecule has 1 aromatic carbocycles. The summed E-state index contributed by atoms with van der Waals surface area (Å²) in [6.07, 6.45) is 3.12. The van der Waals surface area contributed by atoms with E-state index in [-0.39, 0.29) is 0 Å². The first-order chi connectivity index (χ1) is 8.36. The summed E-state index contributed by atoms with van der Waals surface area (Å²) in [6.45, 7) is 4.57. The predicted octanol–water partition coefficient (Wildman–Crippen LogP) is 2.95. The van der Waals surface area contributed by atoms with Gasteiger partial charge in [-0.05, 0) is 43.0 Å². The van der Waals surface area contributed by atoms with Gasteiger partial charge in [0.05, 0.1) is 5.52 Å². The molecule has 2 heteroatoms. The van der Waals surface area contributed by atoms with Gasteiger partial charge in [-0.3, -0.25) is 4.98 Å². The van der Waals surface area contributed by atoms with Crippen LogP contribution in [0.2, 0.25) is 0 Å². The Morgan fingerprint density at radius 1 is 1.24 bits per heavy atom. The van der Waals surface area contributed by atoms with Crippen LogP contribution in [-0.4, -0.2) is 18.1 Å². The fourth-order valence-electron chi connectivity index (χ4n) is 2.90. The van der Waals surface area contributed by atoms with Crippen LogP contribution in [0.5, 0.6) is 0 Å². The minimum absolute atomic E-state index is 0.648. The molecule has 2 aromatic rings. The van der Waals surface area contributed by atoms with Gasteiger partial charge in [0.1, 0.15) is 0 Å². The molecule has 0 bridgehead atoms. The van der Waals surface area contributed by atoms with E-state index in [4.69, 9.17) is 0 Å². The van der Waals surface area contributed by atoms with Crippen molar-refractivity contribution < 1.29 is 0 Å². The molecule has 0 aliphatic carbocycles. The van der Waals surface area contributed by atoms with Crippen LogP contribution < -0.4 is 5.32 Å². The van der Waals surface area contributed by atoms with Crippen molar-refractivity contribution in [2.45, 2.75) is 19.3 Å². The minimum Gasteiger partial charge on any atom is -0.316 e. The van der Waals surface area contributed by atoms with Gasteiger partial charge in [0.15, 0.2) is 0 Å². The quantitative estimate of drug-likeness (QED) is 0.808. The van der Waals surface area contributed by atoms with Crippen molar-refractivity contribution in [1.82, 2.24) is 10.3 Å². The molecule has 0 radical (unpaired) electrons. The Bertz CT molecular complexity index is 516. The monoisotopic (exact) mass is 226 g/mol. The van der Waals surface area contributed by atoms with Crippen LogP contribution in [0, 0.1) is 5.92 Å². The molecule has 88 valence electrons. The van der Waals surface area contributed by atoms with Crippen molar-refractivity contribution in [2.75, 3.05) is 13.1 Å². The Morgan fingerprint density at radius 2 is 2.12 bits per heavy atom. The van der Waals surface area contributed by atoms with Crippen molar-refractivity contribution in [2.24, 2.45) is 5.92 Å². The van der Waals surface area contributed by atoms with Crippen molar-refractivity contribution in [3.05, 3.63) is 42.1 Å². The van der Waals surface area contributed by atoms with Gasteiger partial charge in [0.25, 0.3) is 0 Å². The van der Waals surface area contributed by atoms with E-state index in [1.54, 1.807) is 0 Å². The molecule has 0 saturated carbocycles. The number of hydrogen-bond donors (Lipinski definition) is 1. The van der Waals surface area contributed by atoms with Gasteiger partial charge in [-0.15, -0.1) is 0 Å². The summed E-state index contributed by atoms with van der Waals surface area (Å²) in [7, 11) is 0. The molecule has 1 aliphatic heterocycles. The maximum absolute atomic E-state index is 4.57. The summed E-state index contributed by atoms with van der Waals surface area (Å²) in [5.74, 6) is 1.34. The van der Waals surface area contributed by atoms with Gasteiger partial charge < -0.3 is 5.32 Å². The van der Waals surface area contributed by atoms with Crippen LogP contribution in [0.25, 0.3) is 10.9 Å². The molecule has 0 spiro atoms. The lowest BCUT2D eigenvalue weighted by Crippen LogP contribution is -2.33. The lowest BCUT2D eigenvalue weighted by Gasteiger charge is -2.30. The van der Waals surface area contributed by atoms with Gasteiger partial charge >= 0.3 is 0 Å². The van der Waals surface area contributed by atoms with E-state index in [0.29, 0.717) is 11.8 Å². The zero-order valence-corrected chi connectivity index (χ0v) is 10.2. The topological polar surface area (TPSA) is 24.9 Å². The molecular weight excluding hydrogens is 208 g/mol. The molecule has 2 unspecified atom stereocenters. The normalized spacial score (nSPS) is 25.0. The zero-order chi connectivity index (χ0) is 11.7. The van der Waals surface area contributed by atoms with E-state index in [1.165, 1.54) is 22.9 Å². The number of para-hydroxylation sites is 1. The number of fused-ring (bicyclic) bond motifs is 1. The van der Waals surface area contributed by atoms with Crippen molar-refractivity contribution in [1.29, 1.82) is 0 Å². The third kappa shape index (κ3) is 1.93. The molecule has 2 atom stereocenters. The number of benzene rings is 1. The lowest BCUT2D eigenvalue weighted by atomic mass is 9.81. The van der Waals surface area contributed by atoms with E-state index in [1.807, 2.05) is 12.3 Å². The second-order valence-corrected chi connectivity index (χ2v) is 5.00. The molecule has 1 aromatic heterocycles. The van der Waals surface area contributed by atoms with Gasteiger partial charge in [-0.25, -0.2) is 0 Å². The number of rotatable bonds is 1. The van der Waals surface area contributed by atoms with E-state index in [0.717, 1.165) is 13.1 Å². The Labute approximate surface area is 102 Å². The van der Waals surface area contributed by atoms with Crippen molar-refractivity contribution in [3.63, 3.8) is 0 Å². The van der Waals surface area contributed by atoms with Crippen LogP contribution >= 0.6 is 0 Å². The molecule has 2 nitrogen and oxygen atoms in total. The Hall–Kier alpha value is -1.41. The van der Waals surface area contributed by atoms with E-state index < -0.39 is 0 Å². The Kier molecular flexibility index (Phi) is 2.81. The number of nitrogens with one attached hydrogen (secondary N) is 1. The van der Waals surface area contributed by atoms with E-state index in [9.17, 15) is 0 Å². The lowest BCUT2D eigenvalue weighted by molar-refractivity contribution is 0.351. The average molecular weight is 226 g/mol. The number of hydrogen-bond acceptors (Lipinski definition) is 2. The minimum atomic E-state index is 0.648. The summed E-state index contributed by atoms with van der Waals surface area (Å²) < 4.78 is 0. The third-order valence-corrected chi connectivity index (χ3v) is 3.85. The van der Waals surface area contributed by atoms with Gasteiger partial charge in [0, 0.05) is 11.6 Å². The molecular formula is C15H18N2. The number of pyridine rings is 1. The maximum Gasteiger partial charge on any atom is 0.0736 e. The van der Waals surface area contributed by atoms with Gasteiger partial charge in [-0.2, -0.15) is 0 Å². The number of piperidine rings is 1. The summed E-state index contributed by atoms with van der Waals surface area (Å²) >= 11 is 0. The fraction of sp³-hybridized carbons (Fsp3) is 0.400. The average Bonchev–Trinajstić information content (AvgIpc) is 2.39. The van der Waals surface area contributed by atoms with Crippen LogP contribution in [0.3, 0.4) is 0 Å². The summed E-state index contributed by atoms with van der Waals surface area (Å²) in [5.41, 5.74) is 2.62. The molecule has 1 saturated heterocycles. The van der Waals surface area contributed by atoms with Gasteiger partial charge in [0.2, 0.25) is 0 Å². The van der Waals surface area contributed by atoms with Crippen LogP contribution in [-0.2, 0) is 0 Å². The van der Waals surface area contributed by atoms with E-state index >= 15 is 0 Å². The molecule has 1 aliphatic rings. The highest BCUT2D eigenvalue weighted by atomic mass is 14.9. The summed E-state index contributed by atoms with van der Waals surface area (Å²) in [6, 6.07) is 10.7. The second kappa shape index (κ2) is 4.46. The van der Waals surface area contributed by atoms with Crippen LogP contribution in [0.15, 0.2) is 36.5 Å². The second-order valence-electron chi connectivity index (χ2n) is 5.00. The highest BCUT2D eigenvalue weighted by Gasteiger charge is 2.24.